The van der Waals surface area contributed by atoms with Crippen molar-refractivity contribution in [3.8, 4) is 0 Å². The first kappa shape index (κ1) is 18.6. The van der Waals surface area contributed by atoms with Crippen LogP contribution in [0.25, 0.3) is 10.9 Å². The van der Waals surface area contributed by atoms with Crippen LogP contribution < -0.4 is 0 Å². The third-order valence-electron chi connectivity index (χ3n) is 5.71. The number of benzene rings is 2. The molecule has 0 aliphatic carbocycles. The number of halogens is 1. The molecule has 1 fully saturated rings. The molecule has 0 unspecified atom stereocenters. The number of piperidine rings is 1. The predicted octanol–water partition coefficient (Wildman–Crippen LogP) is 5.18. The van der Waals surface area contributed by atoms with Crippen molar-refractivity contribution < 1.29 is 4.74 Å². The predicted molar refractivity (Wildman–Crippen MR) is 114 cm³/mol. The maximum atomic E-state index is 6.34. The molecular weight excluding hydrogens is 400 g/mol. The van der Waals surface area contributed by atoms with Crippen molar-refractivity contribution in [2.24, 2.45) is 0 Å². The molecule has 0 spiro atoms. The molecular formula is C23H25BrN2O. The topological polar surface area (TPSA) is 25.4 Å². The fourth-order valence-corrected chi connectivity index (χ4v) is 4.57. The van der Waals surface area contributed by atoms with Crippen LogP contribution in [0.3, 0.4) is 0 Å². The van der Waals surface area contributed by atoms with Crippen LogP contribution in [-0.4, -0.2) is 36.6 Å². The van der Waals surface area contributed by atoms with Gasteiger partial charge in [0.2, 0.25) is 0 Å². The van der Waals surface area contributed by atoms with E-state index in [0.717, 1.165) is 53.5 Å². The molecule has 2 heterocycles. The third-order valence-corrected chi connectivity index (χ3v) is 6.17. The molecule has 0 bridgehead atoms. The van der Waals surface area contributed by atoms with Gasteiger partial charge in [0.15, 0.2) is 0 Å². The maximum absolute atomic E-state index is 6.34. The lowest BCUT2D eigenvalue weighted by Crippen LogP contribution is -2.43. The van der Waals surface area contributed by atoms with Gasteiger partial charge >= 0.3 is 0 Å². The Kier molecular flexibility index (Phi) is 5.58. The van der Waals surface area contributed by atoms with Crippen LogP contribution in [0.1, 0.15) is 24.0 Å². The Hall–Kier alpha value is -1.75. The highest BCUT2D eigenvalue weighted by Gasteiger charge is 2.35. The van der Waals surface area contributed by atoms with Crippen molar-refractivity contribution in [1.82, 2.24) is 9.88 Å². The molecule has 0 atom stereocenters. The number of hydrogen-bond acceptors (Lipinski definition) is 3. The van der Waals surface area contributed by atoms with E-state index in [1.54, 1.807) is 0 Å². The number of aromatic nitrogens is 1. The highest BCUT2D eigenvalue weighted by atomic mass is 79.9. The molecule has 4 rings (SSSR count). The van der Waals surface area contributed by atoms with E-state index in [4.69, 9.17) is 4.74 Å². The van der Waals surface area contributed by atoms with Gasteiger partial charge in [-0.1, -0.05) is 52.3 Å². The average molecular weight is 425 g/mol. The Labute approximate surface area is 169 Å². The summed E-state index contributed by atoms with van der Waals surface area (Å²) in [5.41, 5.74) is 3.66. The van der Waals surface area contributed by atoms with Gasteiger partial charge in [0.25, 0.3) is 0 Å². The SMILES string of the molecule is CN1CCC(COCc2cc(Br)cc3cccnc23)(c2ccccc2)CC1. The second kappa shape index (κ2) is 8.09. The Bertz CT molecular complexity index is 905. The molecule has 3 nitrogen and oxygen atoms in total. The van der Waals surface area contributed by atoms with E-state index in [1.165, 1.54) is 5.56 Å². The number of hydrogen-bond donors (Lipinski definition) is 0. The minimum atomic E-state index is 0.100. The molecule has 0 N–H and O–H groups in total. The van der Waals surface area contributed by atoms with Crippen LogP contribution in [0.2, 0.25) is 0 Å². The van der Waals surface area contributed by atoms with Gasteiger partial charge in [-0.2, -0.15) is 0 Å². The van der Waals surface area contributed by atoms with Gasteiger partial charge in [0.1, 0.15) is 0 Å². The molecule has 140 valence electrons. The highest BCUT2D eigenvalue weighted by Crippen LogP contribution is 2.36. The second-order valence-corrected chi connectivity index (χ2v) is 8.50. The van der Waals surface area contributed by atoms with Gasteiger partial charge < -0.3 is 9.64 Å². The standard InChI is InChI=1S/C23H25BrN2O/c1-26-12-9-23(10-13-26,20-7-3-2-4-8-20)17-27-16-19-15-21(24)14-18-6-5-11-25-22(18)19/h2-8,11,14-15H,9-10,12-13,16-17H2,1H3. The van der Waals surface area contributed by atoms with Crippen molar-refractivity contribution in [1.29, 1.82) is 0 Å². The van der Waals surface area contributed by atoms with Gasteiger partial charge in [0, 0.05) is 27.0 Å². The molecule has 0 radical (unpaired) electrons. The number of likely N-dealkylation sites (tertiary alicyclic amines) is 1. The van der Waals surface area contributed by atoms with Crippen molar-refractivity contribution in [3.63, 3.8) is 0 Å². The highest BCUT2D eigenvalue weighted by molar-refractivity contribution is 9.10. The van der Waals surface area contributed by atoms with Gasteiger partial charge in [-0.05, 0) is 56.7 Å². The molecule has 1 aromatic heterocycles. The zero-order valence-corrected chi connectivity index (χ0v) is 17.3. The molecule has 1 aliphatic heterocycles. The molecule has 3 aromatic rings. The molecule has 0 amide bonds. The summed E-state index contributed by atoms with van der Waals surface area (Å²) in [4.78, 5) is 6.98. The van der Waals surface area contributed by atoms with E-state index >= 15 is 0 Å². The minimum Gasteiger partial charge on any atom is -0.376 e. The lowest BCUT2D eigenvalue weighted by atomic mass is 9.73. The van der Waals surface area contributed by atoms with Crippen LogP contribution in [0, 0.1) is 0 Å². The smallest absolute Gasteiger partial charge is 0.0757 e. The van der Waals surface area contributed by atoms with Gasteiger partial charge in [-0.3, -0.25) is 4.98 Å². The summed E-state index contributed by atoms with van der Waals surface area (Å²) in [7, 11) is 2.20. The van der Waals surface area contributed by atoms with Crippen molar-refractivity contribution in [2.45, 2.75) is 24.9 Å². The zero-order chi connectivity index (χ0) is 18.7. The average Bonchev–Trinajstić information content (AvgIpc) is 2.70. The van der Waals surface area contributed by atoms with Crippen LogP contribution >= 0.6 is 15.9 Å². The fraction of sp³-hybridized carbons (Fsp3) is 0.348. The van der Waals surface area contributed by atoms with Gasteiger partial charge in [-0.15, -0.1) is 0 Å². The van der Waals surface area contributed by atoms with E-state index in [2.05, 4.69) is 81.4 Å². The van der Waals surface area contributed by atoms with Crippen molar-refractivity contribution >= 4 is 26.8 Å². The fourth-order valence-electron chi connectivity index (χ4n) is 4.05. The Morgan fingerprint density at radius 1 is 1.07 bits per heavy atom. The quantitative estimate of drug-likeness (QED) is 0.564. The first-order valence-corrected chi connectivity index (χ1v) is 10.3. The molecule has 27 heavy (non-hydrogen) atoms. The number of pyridine rings is 1. The molecule has 4 heteroatoms. The summed E-state index contributed by atoms with van der Waals surface area (Å²) in [5, 5.41) is 1.14. The van der Waals surface area contributed by atoms with Gasteiger partial charge in [-0.25, -0.2) is 0 Å². The monoisotopic (exact) mass is 424 g/mol. The minimum absolute atomic E-state index is 0.100. The van der Waals surface area contributed by atoms with Gasteiger partial charge in [0.05, 0.1) is 18.7 Å². The Balaban J connectivity index is 1.54. The first-order chi connectivity index (χ1) is 13.2. The molecule has 2 aromatic carbocycles. The van der Waals surface area contributed by atoms with Crippen molar-refractivity contribution in [2.75, 3.05) is 26.7 Å². The molecule has 1 saturated heterocycles. The summed E-state index contributed by atoms with van der Waals surface area (Å²) in [6, 6.07) is 19.2. The second-order valence-electron chi connectivity index (χ2n) is 7.58. The van der Waals surface area contributed by atoms with E-state index in [9.17, 15) is 0 Å². The number of ether oxygens (including phenoxy) is 1. The number of rotatable bonds is 5. The van der Waals surface area contributed by atoms with E-state index in [1.807, 2.05) is 12.3 Å². The van der Waals surface area contributed by atoms with Crippen LogP contribution in [0.15, 0.2) is 65.3 Å². The summed E-state index contributed by atoms with van der Waals surface area (Å²) in [6.45, 7) is 3.54. The van der Waals surface area contributed by atoms with Crippen molar-refractivity contribution in [3.05, 3.63) is 76.4 Å². The lowest BCUT2D eigenvalue weighted by Gasteiger charge is -2.41. The largest absolute Gasteiger partial charge is 0.376 e. The number of nitrogens with zero attached hydrogens (tertiary/aromatic N) is 2. The number of fused-ring (bicyclic) bond motifs is 1. The lowest BCUT2D eigenvalue weighted by molar-refractivity contribution is 0.0411. The summed E-state index contributed by atoms with van der Waals surface area (Å²) in [5.74, 6) is 0. The maximum Gasteiger partial charge on any atom is 0.0757 e. The Morgan fingerprint density at radius 2 is 1.85 bits per heavy atom. The summed E-state index contributed by atoms with van der Waals surface area (Å²) >= 11 is 3.62. The molecule has 1 aliphatic rings. The first-order valence-electron chi connectivity index (χ1n) is 9.51. The van der Waals surface area contributed by atoms with Crippen LogP contribution in [0.4, 0.5) is 0 Å². The van der Waals surface area contributed by atoms with E-state index in [0.29, 0.717) is 6.61 Å². The van der Waals surface area contributed by atoms with E-state index < -0.39 is 0 Å². The summed E-state index contributed by atoms with van der Waals surface area (Å²) in [6.07, 6.45) is 4.11. The normalized spacial score (nSPS) is 17.3. The summed E-state index contributed by atoms with van der Waals surface area (Å²) < 4.78 is 7.40. The molecule has 0 saturated carbocycles. The third kappa shape index (κ3) is 4.08. The van der Waals surface area contributed by atoms with Crippen LogP contribution in [-0.2, 0) is 16.8 Å². The Morgan fingerprint density at radius 3 is 2.63 bits per heavy atom. The van der Waals surface area contributed by atoms with E-state index in [-0.39, 0.29) is 5.41 Å². The van der Waals surface area contributed by atoms with Crippen LogP contribution in [0.5, 0.6) is 0 Å². The zero-order valence-electron chi connectivity index (χ0n) is 15.7.